The first kappa shape index (κ1) is 12.5. The van der Waals surface area contributed by atoms with E-state index in [1.807, 2.05) is 18.2 Å². The molecule has 0 aliphatic carbocycles. The van der Waals surface area contributed by atoms with Gasteiger partial charge in [0, 0.05) is 13.1 Å². The predicted molar refractivity (Wildman–Crippen MR) is 73.1 cm³/mol. The Morgan fingerprint density at radius 3 is 3.11 bits per heavy atom. The summed E-state index contributed by atoms with van der Waals surface area (Å²) in [5, 5.41) is 9.09. The third-order valence-corrected chi connectivity index (χ3v) is 4.14. The van der Waals surface area contributed by atoms with Gasteiger partial charge in [0.1, 0.15) is 11.0 Å². The number of likely N-dealkylation sites (tertiary alicyclic amines) is 1. The standard InChI is InChI=1S/C13H15N3O2S/c17-13(18)10-2-1-5-16(8-10)7-9-3-4-11-12(6-9)15-19-14-11/h3-4,6,10H,1-2,5,7-8H2,(H,17,18)/t10-/m0/s1. The van der Waals surface area contributed by atoms with Gasteiger partial charge in [-0.25, -0.2) is 0 Å². The van der Waals surface area contributed by atoms with Crippen molar-refractivity contribution >= 4 is 28.7 Å². The van der Waals surface area contributed by atoms with E-state index in [9.17, 15) is 4.79 Å². The number of carbonyl (C=O) groups is 1. The Hall–Kier alpha value is -1.53. The van der Waals surface area contributed by atoms with E-state index >= 15 is 0 Å². The number of carboxylic acid groups (broad SMARTS) is 1. The monoisotopic (exact) mass is 277 g/mol. The van der Waals surface area contributed by atoms with Gasteiger partial charge >= 0.3 is 5.97 Å². The normalized spacial score (nSPS) is 20.7. The number of carboxylic acids is 1. The average Bonchev–Trinajstić information content (AvgIpc) is 2.86. The fourth-order valence-electron chi connectivity index (χ4n) is 2.58. The zero-order valence-corrected chi connectivity index (χ0v) is 11.3. The highest BCUT2D eigenvalue weighted by Gasteiger charge is 2.25. The Morgan fingerprint density at radius 2 is 2.26 bits per heavy atom. The summed E-state index contributed by atoms with van der Waals surface area (Å²) in [5.41, 5.74) is 3.02. The summed E-state index contributed by atoms with van der Waals surface area (Å²) in [5.74, 6) is -0.901. The fourth-order valence-corrected chi connectivity index (χ4v) is 3.10. The summed E-state index contributed by atoms with van der Waals surface area (Å²) in [7, 11) is 0. The molecule has 5 nitrogen and oxygen atoms in total. The minimum absolute atomic E-state index is 0.224. The molecule has 1 saturated heterocycles. The molecule has 1 N–H and O–H groups in total. The minimum Gasteiger partial charge on any atom is -0.481 e. The Bertz CT molecular complexity index is 598. The quantitative estimate of drug-likeness (QED) is 0.929. The van der Waals surface area contributed by atoms with Crippen LogP contribution in [0.2, 0.25) is 0 Å². The first-order valence-electron chi connectivity index (χ1n) is 6.39. The first-order chi connectivity index (χ1) is 9.22. The number of aliphatic carboxylic acids is 1. The summed E-state index contributed by atoms with van der Waals surface area (Å²) in [6.45, 7) is 2.40. The topological polar surface area (TPSA) is 66.3 Å². The smallest absolute Gasteiger partial charge is 0.307 e. The Labute approximate surface area is 115 Å². The van der Waals surface area contributed by atoms with Crippen LogP contribution in [0.5, 0.6) is 0 Å². The molecule has 6 heteroatoms. The Morgan fingerprint density at radius 1 is 1.42 bits per heavy atom. The molecule has 1 fully saturated rings. The van der Waals surface area contributed by atoms with Crippen LogP contribution in [-0.2, 0) is 11.3 Å². The number of hydrogen-bond acceptors (Lipinski definition) is 5. The molecule has 1 aliphatic rings. The molecule has 0 saturated carbocycles. The van der Waals surface area contributed by atoms with Gasteiger partial charge in [-0.05, 0) is 37.1 Å². The van der Waals surface area contributed by atoms with E-state index in [0.29, 0.717) is 6.54 Å². The highest BCUT2D eigenvalue weighted by atomic mass is 32.1. The molecule has 1 atom stereocenters. The van der Waals surface area contributed by atoms with Crippen LogP contribution in [-0.4, -0.2) is 37.8 Å². The van der Waals surface area contributed by atoms with Gasteiger partial charge < -0.3 is 5.11 Å². The average molecular weight is 277 g/mol. The van der Waals surface area contributed by atoms with Crippen molar-refractivity contribution in [2.45, 2.75) is 19.4 Å². The lowest BCUT2D eigenvalue weighted by molar-refractivity contribution is -0.143. The van der Waals surface area contributed by atoms with Crippen LogP contribution in [0.15, 0.2) is 18.2 Å². The molecule has 0 radical (unpaired) electrons. The first-order valence-corrected chi connectivity index (χ1v) is 7.12. The van der Waals surface area contributed by atoms with Crippen molar-refractivity contribution in [3.05, 3.63) is 23.8 Å². The number of aromatic nitrogens is 2. The number of fused-ring (bicyclic) bond motifs is 1. The van der Waals surface area contributed by atoms with Crippen molar-refractivity contribution in [1.29, 1.82) is 0 Å². The number of hydrogen-bond donors (Lipinski definition) is 1. The lowest BCUT2D eigenvalue weighted by Gasteiger charge is -2.30. The van der Waals surface area contributed by atoms with Crippen molar-refractivity contribution < 1.29 is 9.90 Å². The van der Waals surface area contributed by atoms with E-state index in [1.165, 1.54) is 17.3 Å². The molecule has 1 aliphatic heterocycles. The molecule has 0 amide bonds. The van der Waals surface area contributed by atoms with Gasteiger partial charge in [0.25, 0.3) is 0 Å². The van der Waals surface area contributed by atoms with Gasteiger partial charge in [-0.15, -0.1) is 0 Å². The van der Waals surface area contributed by atoms with Crippen LogP contribution in [0.1, 0.15) is 18.4 Å². The molecule has 1 aromatic heterocycles. The van der Waals surface area contributed by atoms with Crippen LogP contribution in [0.25, 0.3) is 11.0 Å². The molecule has 0 bridgehead atoms. The third-order valence-electron chi connectivity index (χ3n) is 3.58. The predicted octanol–water partition coefficient (Wildman–Crippen LogP) is 1.99. The number of benzene rings is 1. The summed E-state index contributed by atoms with van der Waals surface area (Å²) < 4.78 is 8.41. The lowest BCUT2D eigenvalue weighted by atomic mass is 9.98. The molecule has 2 heterocycles. The van der Waals surface area contributed by atoms with Crippen molar-refractivity contribution in [2.75, 3.05) is 13.1 Å². The molecule has 100 valence electrons. The second kappa shape index (κ2) is 5.22. The molecule has 2 aromatic rings. The summed E-state index contributed by atoms with van der Waals surface area (Å²) in [6.07, 6.45) is 1.75. The van der Waals surface area contributed by atoms with Gasteiger partial charge in [0.15, 0.2) is 0 Å². The van der Waals surface area contributed by atoms with Crippen LogP contribution in [0.3, 0.4) is 0 Å². The number of piperidine rings is 1. The van der Waals surface area contributed by atoms with E-state index in [-0.39, 0.29) is 5.92 Å². The second-order valence-electron chi connectivity index (χ2n) is 5.00. The van der Waals surface area contributed by atoms with Gasteiger partial charge in [-0.3, -0.25) is 9.69 Å². The van der Waals surface area contributed by atoms with E-state index < -0.39 is 5.97 Å². The van der Waals surface area contributed by atoms with Crippen LogP contribution >= 0.6 is 11.7 Å². The lowest BCUT2D eigenvalue weighted by Crippen LogP contribution is -2.38. The Balaban J connectivity index is 1.71. The van der Waals surface area contributed by atoms with Crippen molar-refractivity contribution in [1.82, 2.24) is 13.6 Å². The molecule has 0 spiro atoms. The SMILES string of the molecule is O=C(O)[C@H]1CCCN(Cc2ccc3nsnc3c2)C1. The summed E-state index contributed by atoms with van der Waals surface area (Å²) in [6, 6.07) is 6.07. The molecule has 3 rings (SSSR count). The molecular formula is C13H15N3O2S. The van der Waals surface area contributed by atoms with E-state index in [4.69, 9.17) is 5.11 Å². The second-order valence-corrected chi connectivity index (χ2v) is 5.53. The van der Waals surface area contributed by atoms with E-state index in [0.717, 1.165) is 37.0 Å². The zero-order chi connectivity index (χ0) is 13.2. The van der Waals surface area contributed by atoms with Crippen LogP contribution in [0, 0.1) is 5.92 Å². The summed E-state index contributed by atoms with van der Waals surface area (Å²) >= 11 is 1.22. The maximum Gasteiger partial charge on any atom is 0.307 e. The van der Waals surface area contributed by atoms with Crippen molar-refractivity contribution in [3.63, 3.8) is 0 Å². The molecular weight excluding hydrogens is 262 g/mol. The summed E-state index contributed by atoms with van der Waals surface area (Å²) in [4.78, 5) is 13.3. The zero-order valence-electron chi connectivity index (χ0n) is 10.5. The minimum atomic E-state index is -0.677. The van der Waals surface area contributed by atoms with E-state index in [1.54, 1.807) is 0 Å². The number of rotatable bonds is 3. The van der Waals surface area contributed by atoms with Gasteiger partial charge in [-0.2, -0.15) is 8.75 Å². The van der Waals surface area contributed by atoms with Gasteiger partial charge in [0.2, 0.25) is 0 Å². The van der Waals surface area contributed by atoms with Gasteiger partial charge in [0.05, 0.1) is 17.6 Å². The molecule has 1 aromatic carbocycles. The maximum absolute atomic E-state index is 11.0. The van der Waals surface area contributed by atoms with Crippen LogP contribution < -0.4 is 0 Å². The third kappa shape index (κ3) is 2.74. The maximum atomic E-state index is 11.0. The number of nitrogens with zero attached hydrogens (tertiary/aromatic N) is 3. The van der Waals surface area contributed by atoms with Gasteiger partial charge in [-0.1, -0.05) is 6.07 Å². The fraction of sp³-hybridized carbons (Fsp3) is 0.462. The van der Waals surface area contributed by atoms with Crippen molar-refractivity contribution in [2.24, 2.45) is 5.92 Å². The van der Waals surface area contributed by atoms with Crippen LogP contribution in [0.4, 0.5) is 0 Å². The highest BCUT2D eigenvalue weighted by Crippen LogP contribution is 2.20. The highest BCUT2D eigenvalue weighted by molar-refractivity contribution is 7.00. The largest absolute Gasteiger partial charge is 0.481 e. The van der Waals surface area contributed by atoms with Crippen molar-refractivity contribution in [3.8, 4) is 0 Å². The Kier molecular flexibility index (Phi) is 3.44. The van der Waals surface area contributed by atoms with E-state index in [2.05, 4.69) is 13.6 Å². The molecule has 19 heavy (non-hydrogen) atoms. The molecule has 0 unspecified atom stereocenters.